The molecular formula is C22H18F3N5O. The van der Waals surface area contributed by atoms with Crippen LogP contribution in [0.3, 0.4) is 0 Å². The number of anilines is 2. The lowest BCUT2D eigenvalue weighted by Crippen LogP contribution is -2.21. The molecule has 1 aromatic carbocycles. The van der Waals surface area contributed by atoms with Gasteiger partial charge in [0.15, 0.2) is 0 Å². The molecule has 31 heavy (non-hydrogen) atoms. The molecule has 0 atom stereocenters. The summed E-state index contributed by atoms with van der Waals surface area (Å²) in [5.41, 5.74) is 0.457. The lowest BCUT2D eigenvalue weighted by atomic mass is 10.1. The number of nitrogens with one attached hydrogen (secondary N) is 3. The van der Waals surface area contributed by atoms with Gasteiger partial charge in [0.05, 0.1) is 17.6 Å². The second-order valence-corrected chi connectivity index (χ2v) is 6.59. The predicted octanol–water partition coefficient (Wildman–Crippen LogP) is 4.96. The number of hydrogen-bond acceptors (Lipinski definition) is 5. The highest BCUT2D eigenvalue weighted by Gasteiger charge is 2.34. The number of pyridine rings is 2. The first-order chi connectivity index (χ1) is 14.7. The fourth-order valence-corrected chi connectivity index (χ4v) is 2.61. The number of allylic oxidation sites excluding steroid dienone is 2. The van der Waals surface area contributed by atoms with Crippen molar-refractivity contribution in [3.8, 4) is 0 Å². The zero-order chi connectivity index (χ0) is 22.4. The number of aryl methyl sites for hydroxylation is 1. The number of nitrogens with zero attached hydrogens (tertiary/aromatic N) is 2. The van der Waals surface area contributed by atoms with Crippen molar-refractivity contribution < 1.29 is 18.0 Å². The van der Waals surface area contributed by atoms with Crippen LogP contribution in [-0.4, -0.2) is 27.8 Å². The third-order valence-corrected chi connectivity index (χ3v) is 4.13. The Balaban J connectivity index is 1.73. The molecule has 1 amide bonds. The zero-order valence-corrected chi connectivity index (χ0v) is 16.4. The van der Waals surface area contributed by atoms with Crippen molar-refractivity contribution in [2.75, 3.05) is 10.6 Å². The average molecular weight is 425 g/mol. The lowest BCUT2D eigenvalue weighted by Gasteiger charge is -2.14. The van der Waals surface area contributed by atoms with E-state index in [2.05, 4.69) is 20.6 Å². The number of carbonyl (C=O) groups excluding carboxylic acids is 1. The Morgan fingerprint density at radius 1 is 1.03 bits per heavy atom. The molecule has 0 unspecified atom stereocenters. The quantitative estimate of drug-likeness (QED) is 0.487. The zero-order valence-electron chi connectivity index (χ0n) is 16.4. The van der Waals surface area contributed by atoms with E-state index in [0.717, 1.165) is 5.56 Å². The average Bonchev–Trinajstić information content (AvgIpc) is 2.74. The molecule has 158 valence electrons. The van der Waals surface area contributed by atoms with Crippen LogP contribution >= 0.6 is 0 Å². The number of alkyl halides is 3. The molecule has 0 aliphatic carbocycles. The molecule has 0 fully saturated rings. The van der Waals surface area contributed by atoms with Crippen LogP contribution in [0.15, 0.2) is 78.9 Å². The van der Waals surface area contributed by atoms with E-state index in [1.54, 1.807) is 18.2 Å². The molecule has 0 aliphatic heterocycles. The van der Waals surface area contributed by atoms with Crippen LogP contribution in [0.1, 0.15) is 21.5 Å². The molecule has 3 aromatic rings. The normalized spacial score (nSPS) is 11.7. The van der Waals surface area contributed by atoms with Gasteiger partial charge in [-0.15, -0.1) is 0 Å². The van der Waals surface area contributed by atoms with E-state index in [-0.39, 0.29) is 23.0 Å². The van der Waals surface area contributed by atoms with E-state index in [0.29, 0.717) is 17.3 Å². The van der Waals surface area contributed by atoms with Crippen molar-refractivity contribution in [2.45, 2.75) is 13.1 Å². The van der Waals surface area contributed by atoms with Crippen LogP contribution in [0.5, 0.6) is 0 Å². The largest absolute Gasteiger partial charge is 0.431 e. The number of rotatable bonds is 6. The number of hydrogen-bond donors (Lipinski definition) is 3. The van der Waals surface area contributed by atoms with Crippen LogP contribution in [0.2, 0.25) is 0 Å². The summed E-state index contributed by atoms with van der Waals surface area (Å²) in [4.78, 5) is 20.0. The van der Waals surface area contributed by atoms with Crippen molar-refractivity contribution >= 4 is 23.1 Å². The summed E-state index contributed by atoms with van der Waals surface area (Å²) in [6.07, 6.45) is -0.0414. The van der Waals surface area contributed by atoms with Crippen molar-refractivity contribution in [3.63, 3.8) is 0 Å². The number of halogens is 3. The summed E-state index contributed by atoms with van der Waals surface area (Å²) in [6, 6.07) is 12.7. The first kappa shape index (κ1) is 21.7. The number of carbonyl (C=O) groups is 1. The highest BCUT2D eigenvalue weighted by molar-refractivity contribution is 6.07. The Labute approximate surface area is 176 Å². The fraction of sp³-hybridized carbons (Fsp3) is 0.0909. The van der Waals surface area contributed by atoms with Gasteiger partial charge in [0.25, 0.3) is 5.91 Å². The first-order valence-corrected chi connectivity index (χ1v) is 9.11. The van der Waals surface area contributed by atoms with E-state index >= 15 is 0 Å². The summed E-state index contributed by atoms with van der Waals surface area (Å²) < 4.78 is 40.3. The predicted molar refractivity (Wildman–Crippen MR) is 112 cm³/mol. The number of benzene rings is 1. The van der Waals surface area contributed by atoms with Gasteiger partial charge in [0, 0.05) is 23.5 Å². The van der Waals surface area contributed by atoms with Crippen LogP contribution in [0, 0.1) is 12.3 Å². The summed E-state index contributed by atoms with van der Waals surface area (Å²) in [6.45, 7) is 1.86. The molecule has 2 aromatic heterocycles. The van der Waals surface area contributed by atoms with Crippen LogP contribution in [0.4, 0.5) is 24.7 Å². The van der Waals surface area contributed by atoms with Crippen molar-refractivity contribution in [1.29, 1.82) is 5.41 Å². The molecular weight excluding hydrogens is 407 g/mol. The molecule has 0 radical (unpaired) electrons. The highest BCUT2D eigenvalue weighted by atomic mass is 19.4. The summed E-state index contributed by atoms with van der Waals surface area (Å²) in [5, 5.41) is 12.7. The van der Waals surface area contributed by atoms with E-state index in [1.165, 1.54) is 42.9 Å². The minimum Gasteiger partial charge on any atom is -0.336 e. The number of amides is 1. The SMILES string of the molecule is Cc1cccc(C(=O)Nc2ccc(N/C(=C\C(=N)c3cccnc3)C(F)(F)F)nc2)c1. The smallest absolute Gasteiger partial charge is 0.336 e. The Morgan fingerprint density at radius 3 is 2.42 bits per heavy atom. The van der Waals surface area contributed by atoms with Crippen LogP contribution in [0.25, 0.3) is 0 Å². The minimum absolute atomic E-state index is 0.0869. The van der Waals surface area contributed by atoms with Gasteiger partial charge in [-0.05, 0) is 49.4 Å². The third-order valence-electron chi connectivity index (χ3n) is 4.13. The Morgan fingerprint density at radius 2 is 1.81 bits per heavy atom. The Hall–Kier alpha value is -4.01. The molecule has 6 nitrogen and oxygen atoms in total. The first-order valence-electron chi connectivity index (χ1n) is 9.11. The molecule has 0 saturated carbocycles. The van der Waals surface area contributed by atoms with Gasteiger partial charge in [-0.2, -0.15) is 13.2 Å². The topological polar surface area (TPSA) is 90.8 Å². The van der Waals surface area contributed by atoms with Crippen LogP contribution in [-0.2, 0) is 0 Å². The fourth-order valence-electron chi connectivity index (χ4n) is 2.61. The molecule has 0 aliphatic rings. The maximum Gasteiger partial charge on any atom is 0.431 e. The van der Waals surface area contributed by atoms with E-state index < -0.39 is 11.9 Å². The molecule has 3 rings (SSSR count). The maximum absolute atomic E-state index is 13.4. The lowest BCUT2D eigenvalue weighted by molar-refractivity contribution is -0.0901. The van der Waals surface area contributed by atoms with Crippen molar-refractivity contribution in [2.24, 2.45) is 0 Å². The standard InChI is InChI=1S/C22H18F3N5O/c1-14-4-2-5-15(10-14)21(31)29-17-7-8-20(28-13-17)30-19(22(23,24)25)11-18(26)16-6-3-9-27-12-16/h2-13,26H,1H3,(H,28,30)(H,29,31)/b19-11-,26-18?. The van der Waals surface area contributed by atoms with Gasteiger partial charge < -0.3 is 16.0 Å². The molecule has 2 heterocycles. The summed E-state index contributed by atoms with van der Waals surface area (Å²) in [5.74, 6) is -0.442. The molecule has 9 heteroatoms. The van der Waals surface area contributed by atoms with Gasteiger partial charge >= 0.3 is 6.18 Å². The third kappa shape index (κ3) is 5.99. The Bertz CT molecular complexity index is 1110. The maximum atomic E-state index is 13.4. The van der Waals surface area contributed by atoms with Gasteiger partial charge in [-0.25, -0.2) is 4.98 Å². The molecule has 0 spiro atoms. The van der Waals surface area contributed by atoms with Crippen molar-refractivity contribution in [1.82, 2.24) is 9.97 Å². The van der Waals surface area contributed by atoms with Crippen LogP contribution < -0.4 is 10.6 Å². The second kappa shape index (κ2) is 9.21. The van der Waals surface area contributed by atoms with E-state index in [9.17, 15) is 18.0 Å². The summed E-state index contributed by atoms with van der Waals surface area (Å²) in [7, 11) is 0. The molecule has 3 N–H and O–H groups in total. The second-order valence-electron chi connectivity index (χ2n) is 6.59. The number of aromatic nitrogens is 2. The molecule has 0 saturated heterocycles. The monoisotopic (exact) mass is 425 g/mol. The summed E-state index contributed by atoms with van der Waals surface area (Å²) >= 11 is 0. The van der Waals surface area contributed by atoms with Gasteiger partial charge in [-0.3, -0.25) is 9.78 Å². The van der Waals surface area contributed by atoms with E-state index in [1.807, 2.05) is 13.0 Å². The molecule has 0 bridgehead atoms. The van der Waals surface area contributed by atoms with E-state index in [4.69, 9.17) is 5.41 Å². The van der Waals surface area contributed by atoms with Gasteiger partial charge in [0.2, 0.25) is 0 Å². The minimum atomic E-state index is -4.73. The van der Waals surface area contributed by atoms with Gasteiger partial charge in [-0.1, -0.05) is 17.7 Å². The van der Waals surface area contributed by atoms with Gasteiger partial charge in [0.1, 0.15) is 11.5 Å². The Kier molecular flexibility index (Phi) is 6.44. The van der Waals surface area contributed by atoms with Crippen molar-refractivity contribution in [3.05, 3.63) is 95.6 Å². The highest BCUT2D eigenvalue weighted by Crippen LogP contribution is 2.27.